The Kier molecular flexibility index (Phi) is 2.15. The summed E-state index contributed by atoms with van der Waals surface area (Å²) in [6, 6.07) is 0. The second-order valence-electron chi connectivity index (χ2n) is 3.30. The van der Waals surface area contributed by atoms with Gasteiger partial charge in [0.25, 0.3) is 0 Å². The smallest absolute Gasteiger partial charge is 0.0109 e. The van der Waals surface area contributed by atoms with E-state index in [-0.39, 0.29) is 0 Å². The van der Waals surface area contributed by atoms with E-state index in [1.807, 2.05) is 0 Å². The minimum atomic E-state index is 0.470. The summed E-state index contributed by atoms with van der Waals surface area (Å²) in [5.41, 5.74) is 0.470. The fraction of sp³-hybridized carbons (Fsp3) is 0.889. The average molecular weight is 124 g/mol. The van der Waals surface area contributed by atoms with E-state index < -0.39 is 0 Å². The summed E-state index contributed by atoms with van der Waals surface area (Å²) in [5, 5.41) is 0. The van der Waals surface area contributed by atoms with Crippen molar-refractivity contribution in [1.82, 2.24) is 0 Å². The van der Waals surface area contributed by atoms with Crippen LogP contribution in [0.5, 0.6) is 0 Å². The molecule has 0 bridgehead atoms. The van der Waals surface area contributed by atoms with Gasteiger partial charge in [-0.3, -0.25) is 0 Å². The minimum absolute atomic E-state index is 0.470. The maximum absolute atomic E-state index is 3.55. The topological polar surface area (TPSA) is 0 Å². The van der Waals surface area contributed by atoms with Crippen molar-refractivity contribution >= 4 is 0 Å². The highest BCUT2D eigenvalue weighted by Gasteiger charge is 2.24. The molecule has 1 aliphatic carbocycles. The molecule has 52 valence electrons. The van der Waals surface area contributed by atoms with Crippen molar-refractivity contribution < 1.29 is 0 Å². The molecule has 1 aliphatic rings. The van der Waals surface area contributed by atoms with Gasteiger partial charge in [0.2, 0.25) is 0 Å². The van der Waals surface area contributed by atoms with Gasteiger partial charge in [0.15, 0.2) is 0 Å². The van der Waals surface area contributed by atoms with E-state index in [0.29, 0.717) is 5.41 Å². The van der Waals surface area contributed by atoms with Crippen molar-refractivity contribution in [2.24, 2.45) is 5.41 Å². The van der Waals surface area contributed by atoms with Crippen molar-refractivity contribution in [3.05, 3.63) is 6.42 Å². The molecular weight excluding hydrogens is 108 g/mol. The highest BCUT2D eigenvalue weighted by Crippen LogP contribution is 2.37. The molecule has 0 amide bonds. The van der Waals surface area contributed by atoms with Gasteiger partial charge in [-0.15, -0.1) is 0 Å². The van der Waals surface area contributed by atoms with Gasteiger partial charge >= 0.3 is 0 Å². The average Bonchev–Trinajstić information content (AvgIpc) is 1.90. The van der Waals surface area contributed by atoms with Crippen LogP contribution in [0, 0.1) is 11.8 Å². The molecular formula is C9H16. The molecule has 0 aliphatic heterocycles. The Labute approximate surface area is 58.7 Å². The van der Waals surface area contributed by atoms with E-state index >= 15 is 0 Å². The fourth-order valence-electron chi connectivity index (χ4n) is 1.42. The lowest BCUT2D eigenvalue weighted by molar-refractivity contribution is 0.285. The Morgan fingerprint density at radius 1 is 1.44 bits per heavy atom. The molecule has 9 heavy (non-hydrogen) atoms. The minimum Gasteiger partial charge on any atom is -0.0648 e. The van der Waals surface area contributed by atoms with Gasteiger partial charge in [0.1, 0.15) is 0 Å². The van der Waals surface area contributed by atoms with Crippen molar-refractivity contribution in [2.75, 3.05) is 0 Å². The highest BCUT2D eigenvalue weighted by molar-refractivity contribution is 4.90. The molecule has 1 saturated carbocycles. The Hall–Kier alpha value is 0. The molecule has 1 unspecified atom stereocenters. The van der Waals surface area contributed by atoms with Crippen LogP contribution in [0.3, 0.4) is 0 Å². The van der Waals surface area contributed by atoms with E-state index in [0.717, 1.165) is 0 Å². The molecule has 0 aromatic heterocycles. The van der Waals surface area contributed by atoms with Crippen LogP contribution in [0.1, 0.15) is 46.0 Å². The second kappa shape index (κ2) is 2.72. The van der Waals surface area contributed by atoms with E-state index in [1.165, 1.54) is 32.1 Å². The lowest BCUT2D eigenvalue weighted by Gasteiger charge is -2.31. The Morgan fingerprint density at radius 3 is 2.56 bits per heavy atom. The first kappa shape index (κ1) is 7.11. The lowest BCUT2D eigenvalue weighted by Crippen LogP contribution is -2.19. The van der Waals surface area contributed by atoms with Crippen LogP contribution in [0.2, 0.25) is 0 Å². The summed E-state index contributed by atoms with van der Waals surface area (Å²) in [7, 11) is 0. The normalized spacial score (nSPS) is 26.0. The molecule has 1 atom stereocenters. The third-order valence-electron chi connectivity index (χ3n) is 2.49. The molecule has 0 aromatic carbocycles. The summed E-state index contributed by atoms with van der Waals surface area (Å²) >= 11 is 0. The maximum Gasteiger partial charge on any atom is -0.0109 e. The monoisotopic (exact) mass is 124 g/mol. The summed E-state index contributed by atoms with van der Waals surface area (Å²) < 4.78 is 0. The lowest BCUT2D eigenvalue weighted by atomic mass is 9.74. The van der Waals surface area contributed by atoms with Crippen molar-refractivity contribution in [3.8, 4) is 0 Å². The first-order chi connectivity index (χ1) is 4.27. The number of hydrogen-bond acceptors (Lipinski definition) is 0. The van der Waals surface area contributed by atoms with Crippen LogP contribution in [0.4, 0.5) is 0 Å². The van der Waals surface area contributed by atoms with Crippen LogP contribution in [0.15, 0.2) is 0 Å². The van der Waals surface area contributed by atoms with E-state index in [4.69, 9.17) is 0 Å². The van der Waals surface area contributed by atoms with Gasteiger partial charge in [0, 0.05) is 0 Å². The SMILES string of the molecule is CCC1(C)[C]CCCC1. The van der Waals surface area contributed by atoms with Crippen molar-refractivity contribution in [2.45, 2.75) is 46.0 Å². The molecule has 1 rings (SSSR count). The molecule has 0 aromatic rings. The quantitative estimate of drug-likeness (QED) is 0.504. The maximum atomic E-state index is 3.55. The van der Waals surface area contributed by atoms with Crippen molar-refractivity contribution in [3.63, 3.8) is 0 Å². The Morgan fingerprint density at radius 2 is 2.22 bits per heavy atom. The first-order valence-electron chi connectivity index (χ1n) is 4.02. The summed E-state index contributed by atoms with van der Waals surface area (Å²) in [4.78, 5) is 0. The van der Waals surface area contributed by atoms with Gasteiger partial charge in [-0.25, -0.2) is 0 Å². The van der Waals surface area contributed by atoms with Crippen LogP contribution < -0.4 is 0 Å². The predicted molar refractivity (Wildman–Crippen MR) is 40.1 cm³/mol. The zero-order valence-corrected chi connectivity index (χ0v) is 6.54. The summed E-state index contributed by atoms with van der Waals surface area (Å²) in [6.45, 7) is 4.59. The van der Waals surface area contributed by atoms with Gasteiger partial charge in [0.05, 0.1) is 0 Å². The highest BCUT2D eigenvalue weighted by atomic mass is 14.3. The van der Waals surface area contributed by atoms with Crippen LogP contribution in [-0.2, 0) is 0 Å². The van der Waals surface area contributed by atoms with Crippen LogP contribution in [0.25, 0.3) is 0 Å². The molecule has 0 heterocycles. The zero-order chi connectivity index (χ0) is 6.74. The van der Waals surface area contributed by atoms with Gasteiger partial charge in [-0.05, 0) is 24.7 Å². The molecule has 2 radical (unpaired) electrons. The third-order valence-corrected chi connectivity index (χ3v) is 2.49. The third kappa shape index (κ3) is 1.70. The molecule has 0 saturated heterocycles. The zero-order valence-electron chi connectivity index (χ0n) is 6.54. The molecule has 0 spiro atoms. The van der Waals surface area contributed by atoms with Gasteiger partial charge in [-0.1, -0.05) is 33.1 Å². The van der Waals surface area contributed by atoms with Crippen LogP contribution >= 0.6 is 0 Å². The Balaban J connectivity index is 2.37. The van der Waals surface area contributed by atoms with Gasteiger partial charge < -0.3 is 0 Å². The van der Waals surface area contributed by atoms with E-state index in [1.54, 1.807) is 0 Å². The standard InChI is InChI=1S/C9H16/c1-3-9(2)7-5-4-6-8-9/h3-7H2,1-2H3. The second-order valence-corrected chi connectivity index (χ2v) is 3.30. The Bertz CT molecular complexity index is 78.0. The fourth-order valence-corrected chi connectivity index (χ4v) is 1.42. The molecule has 0 nitrogen and oxygen atoms in total. The molecule has 1 fully saturated rings. The van der Waals surface area contributed by atoms with Crippen molar-refractivity contribution in [1.29, 1.82) is 0 Å². The molecule has 0 N–H and O–H groups in total. The first-order valence-corrected chi connectivity index (χ1v) is 4.02. The molecule has 0 heteroatoms. The van der Waals surface area contributed by atoms with Gasteiger partial charge in [-0.2, -0.15) is 0 Å². The predicted octanol–water partition coefficient (Wildman–Crippen LogP) is 3.06. The largest absolute Gasteiger partial charge is 0.0648 e. The number of hydrogen-bond donors (Lipinski definition) is 0. The number of rotatable bonds is 1. The van der Waals surface area contributed by atoms with E-state index in [2.05, 4.69) is 20.3 Å². The summed E-state index contributed by atoms with van der Waals surface area (Å²) in [5.74, 6) is 0. The van der Waals surface area contributed by atoms with E-state index in [9.17, 15) is 0 Å². The van der Waals surface area contributed by atoms with Crippen LogP contribution in [-0.4, -0.2) is 0 Å². The summed E-state index contributed by atoms with van der Waals surface area (Å²) in [6.07, 6.45) is 10.2.